The second kappa shape index (κ2) is 7.18. The number of rotatable bonds is 4. The van der Waals surface area contributed by atoms with E-state index in [0.717, 1.165) is 48.4 Å². The van der Waals surface area contributed by atoms with Gasteiger partial charge in [-0.2, -0.15) is 0 Å². The van der Waals surface area contributed by atoms with Crippen LogP contribution in [-0.2, 0) is 0 Å². The summed E-state index contributed by atoms with van der Waals surface area (Å²) < 4.78 is 7.73. The molecule has 1 aromatic carbocycles. The van der Waals surface area contributed by atoms with E-state index >= 15 is 0 Å². The van der Waals surface area contributed by atoms with Gasteiger partial charge in [0.25, 0.3) is 0 Å². The third-order valence-corrected chi connectivity index (χ3v) is 5.49. The van der Waals surface area contributed by atoms with E-state index in [1.807, 2.05) is 24.7 Å². The number of aryl methyl sites for hydroxylation is 1. The second-order valence-corrected chi connectivity index (χ2v) is 7.62. The number of anilines is 1. The van der Waals surface area contributed by atoms with Crippen LogP contribution in [0.1, 0.15) is 50.0 Å². The lowest BCUT2D eigenvalue weighted by molar-refractivity contribution is 0.419. The SMILES string of the molecule is COc1cccc2c(N3CCCC(c4nncn4C(C)C)C3)c(C)cnc12. The minimum atomic E-state index is 0.373. The van der Waals surface area contributed by atoms with Crippen LogP contribution >= 0.6 is 0 Å². The molecular formula is C21H27N5O. The highest BCUT2D eigenvalue weighted by Crippen LogP contribution is 2.37. The summed E-state index contributed by atoms with van der Waals surface area (Å²) in [5.41, 5.74) is 3.38. The van der Waals surface area contributed by atoms with Gasteiger partial charge in [0, 0.05) is 36.6 Å². The maximum atomic E-state index is 5.53. The van der Waals surface area contributed by atoms with E-state index in [1.165, 1.54) is 11.3 Å². The fourth-order valence-corrected chi connectivity index (χ4v) is 4.20. The van der Waals surface area contributed by atoms with Crippen LogP contribution in [0.3, 0.4) is 0 Å². The molecule has 0 aliphatic carbocycles. The lowest BCUT2D eigenvalue weighted by Gasteiger charge is -2.36. The minimum absolute atomic E-state index is 0.373. The molecule has 3 aromatic rings. The standard InChI is InChI=1S/C21H27N5O/c1-14(2)26-13-23-24-21(26)16-7-6-10-25(12-16)20-15(3)11-22-19-17(20)8-5-9-18(19)27-4/h5,8-9,11,13-14,16H,6-7,10,12H2,1-4H3. The van der Waals surface area contributed by atoms with E-state index in [-0.39, 0.29) is 0 Å². The zero-order valence-corrected chi connectivity index (χ0v) is 16.5. The van der Waals surface area contributed by atoms with E-state index in [2.05, 4.69) is 51.5 Å². The Morgan fingerprint density at radius 1 is 1.26 bits per heavy atom. The summed E-state index contributed by atoms with van der Waals surface area (Å²) in [7, 11) is 1.70. The van der Waals surface area contributed by atoms with Crippen molar-refractivity contribution in [2.75, 3.05) is 25.1 Å². The molecule has 1 saturated heterocycles. The maximum Gasteiger partial charge on any atom is 0.145 e. The smallest absolute Gasteiger partial charge is 0.145 e. The van der Waals surface area contributed by atoms with Gasteiger partial charge in [0.2, 0.25) is 0 Å². The van der Waals surface area contributed by atoms with Crippen molar-refractivity contribution in [3.63, 3.8) is 0 Å². The highest BCUT2D eigenvalue weighted by Gasteiger charge is 2.28. The average Bonchev–Trinajstić information content (AvgIpc) is 3.17. The molecule has 0 saturated carbocycles. The van der Waals surface area contributed by atoms with Gasteiger partial charge in [-0.3, -0.25) is 4.98 Å². The van der Waals surface area contributed by atoms with Crippen molar-refractivity contribution in [1.29, 1.82) is 0 Å². The van der Waals surface area contributed by atoms with Gasteiger partial charge < -0.3 is 14.2 Å². The van der Waals surface area contributed by atoms with Gasteiger partial charge in [-0.1, -0.05) is 12.1 Å². The summed E-state index contributed by atoms with van der Waals surface area (Å²) >= 11 is 0. The Morgan fingerprint density at radius 3 is 2.89 bits per heavy atom. The van der Waals surface area contributed by atoms with Crippen molar-refractivity contribution >= 4 is 16.6 Å². The van der Waals surface area contributed by atoms with Crippen molar-refractivity contribution in [3.05, 3.63) is 42.1 Å². The fourth-order valence-electron chi connectivity index (χ4n) is 4.20. The van der Waals surface area contributed by atoms with Crippen LogP contribution in [0.4, 0.5) is 5.69 Å². The Kier molecular flexibility index (Phi) is 4.72. The molecule has 1 fully saturated rings. The van der Waals surface area contributed by atoms with Crippen LogP contribution in [0.25, 0.3) is 10.9 Å². The molecule has 1 unspecified atom stereocenters. The van der Waals surface area contributed by atoms with E-state index < -0.39 is 0 Å². The topological polar surface area (TPSA) is 56.1 Å². The number of pyridine rings is 1. The van der Waals surface area contributed by atoms with Crippen molar-refractivity contribution in [1.82, 2.24) is 19.7 Å². The van der Waals surface area contributed by atoms with Gasteiger partial charge in [0.1, 0.15) is 23.4 Å². The van der Waals surface area contributed by atoms with Crippen molar-refractivity contribution in [3.8, 4) is 5.75 Å². The molecule has 1 atom stereocenters. The van der Waals surface area contributed by atoms with Crippen LogP contribution in [0.15, 0.2) is 30.7 Å². The van der Waals surface area contributed by atoms with Gasteiger partial charge in [-0.25, -0.2) is 0 Å². The molecule has 0 amide bonds. The number of para-hydroxylation sites is 1. The van der Waals surface area contributed by atoms with E-state index in [4.69, 9.17) is 4.74 Å². The summed E-state index contributed by atoms with van der Waals surface area (Å²) in [4.78, 5) is 7.13. The third-order valence-electron chi connectivity index (χ3n) is 5.49. The van der Waals surface area contributed by atoms with Gasteiger partial charge in [-0.15, -0.1) is 10.2 Å². The predicted octanol–water partition coefficient (Wildman–Crippen LogP) is 4.11. The number of piperidine rings is 1. The zero-order chi connectivity index (χ0) is 19.0. The van der Waals surface area contributed by atoms with Crippen molar-refractivity contribution < 1.29 is 4.74 Å². The number of methoxy groups -OCH3 is 1. The lowest BCUT2D eigenvalue weighted by atomic mass is 9.95. The molecule has 1 aliphatic rings. The lowest BCUT2D eigenvalue weighted by Crippen LogP contribution is -2.36. The summed E-state index contributed by atoms with van der Waals surface area (Å²) in [6.07, 6.45) is 6.10. The molecule has 4 rings (SSSR count). The van der Waals surface area contributed by atoms with Crippen LogP contribution in [0, 0.1) is 6.92 Å². The van der Waals surface area contributed by atoms with E-state index in [1.54, 1.807) is 7.11 Å². The van der Waals surface area contributed by atoms with Crippen LogP contribution in [0.2, 0.25) is 0 Å². The Balaban J connectivity index is 1.73. The maximum absolute atomic E-state index is 5.53. The van der Waals surface area contributed by atoms with Gasteiger partial charge in [-0.05, 0) is 45.2 Å². The predicted molar refractivity (Wildman–Crippen MR) is 108 cm³/mol. The van der Waals surface area contributed by atoms with Crippen molar-refractivity contribution in [2.24, 2.45) is 0 Å². The molecular weight excluding hydrogens is 338 g/mol. The quantitative estimate of drug-likeness (QED) is 0.696. The first-order valence-corrected chi connectivity index (χ1v) is 9.66. The van der Waals surface area contributed by atoms with Crippen LogP contribution < -0.4 is 9.64 Å². The summed E-state index contributed by atoms with van der Waals surface area (Å²) in [5, 5.41) is 9.78. The molecule has 27 heavy (non-hydrogen) atoms. The highest BCUT2D eigenvalue weighted by molar-refractivity contribution is 5.96. The third kappa shape index (κ3) is 3.13. The first kappa shape index (κ1) is 17.8. The fraction of sp³-hybridized carbons (Fsp3) is 0.476. The number of hydrogen-bond acceptors (Lipinski definition) is 5. The molecule has 0 spiro atoms. The molecule has 0 radical (unpaired) electrons. The molecule has 6 heteroatoms. The largest absolute Gasteiger partial charge is 0.494 e. The monoisotopic (exact) mass is 365 g/mol. The second-order valence-electron chi connectivity index (χ2n) is 7.62. The Morgan fingerprint density at radius 2 is 2.11 bits per heavy atom. The normalized spacial score (nSPS) is 17.7. The van der Waals surface area contributed by atoms with Gasteiger partial charge >= 0.3 is 0 Å². The Labute approximate surface area is 160 Å². The summed E-state index contributed by atoms with van der Waals surface area (Å²) in [6, 6.07) is 6.53. The Bertz CT molecular complexity index is 949. The molecule has 3 heterocycles. The van der Waals surface area contributed by atoms with Crippen LogP contribution in [0.5, 0.6) is 5.75 Å². The molecule has 1 aliphatic heterocycles. The highest BCUT2D eigenvalue weighted by atomic mass is 16.5. The van der Waals surface area contributed by atoms with Crippen molar-refractivity contribution in [2.45, 2.75) is 45.6 Å². The number of ether oxygens (including phenoxy) is 1. The minimum Gasteiger partial charge on any atom is -0.494 e. The first-order valence-electron chi connectivity index (χ1n) is 9.66. The van der Waals surface area contributed by atoms with Gasteiger partial charge in [0.15, 0.2) is 0 Å². The molecule has 6 nitrogen and oxygen atoms in total. The molecule has 0 bridgehead atoms. The number of fused-ring (bicyclic) bond motifs is 1. The summed E-state index contributed by atoms with van der Waals surface area (Å²) in [5.74, 6) is 2.31. The Hall–Kier alpha value is -2.63. The van der Waals surface area contributed by atoms with Gasteiger partial charge in [0.05, 0.1) is 12.8 Å². The van der Waals surface area contributed by atoms with E-state index in [9.17, 15) is 0 Å². The van der Waals surface area contributed by atoms with E-state index in [0.29, 0.717) is 12.0 Å². The van der Waals surface area contributed by atoms with Crippen LogP contribution in [-0.4, -0.2) is 39.9 Å². The number of hydrogen-bond donors (Lipinski definition) is 0. The molecule has 2 aromatic heterocycles. The molecule has 142 valence electrons. The number of benzene rings is 1. The summed E-state index contributed by atoms with van der Waals surface area (Å²) in [6.45, 7) is 8.49. The first-order chi connectivity index (χ1) is 13.1. The molecule has 0 N–H and O–H groups in total. The number of nitrogens with zero attached hydrogens (tertiary/aromatic N) is 5. The average molecular weight is 365 g/mol. The number of aromatic nitrogens is 4. The zero-order valence-electron chi connectivity index (χ0n) is 16.5.